The number of benzene rings is 1. The van der Waals surface area contributed by atoms with Crippen LogP contribution in [-0.4, -0.2) is 88.4 Å². The van der Waals surface area contributed by atoms with Crippen molar-refractivity contribution in [3.63, 3.8) is 0 Å². The summed E-state index contributed by atoms with van der Waals surface area (Å²) in [6.45, 7) is 3.54. The molecular weight excluding hydrogens is 537 g/mol. The molecule has 1 saturated carbocycles. The van der Waals surface area contributed by atoms with Gasteiger partial charge in [-0.1, -0.05) is 12.1 Å². The largest absolute Gasteiger partial charge is 0.474 e. The number of aromatic nitrogens is 4. The monoisotopic (exact) mass is 572 g/mol. The molecule has 2 aromatic heterocycles. The summed E-state index contributed by atoms with van der Waals surface area (Å²) in [5.74, 6) is 1.06. The van der Waals surface area contributed by atoms with Gasteiger partial charge in [-0.05, 0) is 50.2 Å². The normalized spacial score (nSPS) is 23.9. The summed E-state index contributed by atoms with van der Waals surface area (Å²) in [6, 6.07) is 8.59. The lowest BCUT2D eigenvalue weighted by Crippen LogP contribution is -2.37. The van der Waals surface area contributed by atoms with Crippen LogP contribution in [0.1, 0.15) is 50.8 Å². The first-order chi connectivity index (χ1) is 19.9. The number of alkyl halides is 3. The summed E-state index contributed by atoms with van der Waals surface area (Å²) < 4.78 is 54.9. The second-order valence-corrected chi connectivity index (χ2v) is 11.2. The first kappa shape index (κ1) is 27.9. The second-order valence-electron chi connectivity index (χ2n) is 11.2. The van der Waals surface area contributed by atoms with Crippen molar-refractivity contribution in [3.05, 3.63) is 36.2 Å². The number of morpholine rings is 1. The van der Waals surface area contributed by atoms with Crippen molar-refractivity contribution in [2.45, 2.75) is 57.2 Å². The highest BCUT2D eigenvalue weighted by Crippen LogP contribution is 2.33. The van der Waals surface area contributed by atoms with Gasteiger partial charge in [-0.3, -0.25) is 14.3 Å². The van der Waals surface area contributed by atoms with Crippen LogP contribution in [0.15, 0.2) is 30.3 Å². The predicted octanol–water partition coefficient (Wildman–Crippen LogP) is 4.53. The van der Waals surface area contributed by atoms with Gasteiger partial charge in [-0.25, -0.2) is 18.2 Å². The maximum Gasteiger partial charge on any atom is 0.296 e. The molecule has 0 bridgehead atoms. The zero-order valence-corrected chi connectivity index (χ0v) is 22.9. The average molecular weight is 573 g/mol. The van der Waals surface area contributed by atoms with E-state index in [-0.39, 0.29) is 29.4 Å². The molecule has 3 aromatic rings. The van der Waals surface area contributed by atoms with E-state index >= 15 is 0 Å². The third-order valence-corrected chi connectivity index (χ3v) is 8.19. The lowest BCUT2D eigenvalue weighted by atomic mass is 9.84. The van der Waals surface area contributed by atoms with Crippen LogP contribution in [-0.2, 0) is 9.53 Å². The molecule has 0 radical (unpaired) electrons. The Morgan fingerprint density at radius 1 is 1.02 bits per heavy atom. The van der Waals surface area contributed by atoms with Crippen molar-refractivity contribution in [1.82, 2.24) is 24.4 Å². The minimum Gasteiger partial charge on any atom is -0.474 e. The van der Waals surface area contributed by atoms with Crippen molar-refractivity contribution >= 4 is 22.8 Å². The van der Waals surface area contributed by atoms with Gasteiger partial charge in [-0.15, -0.1) is 0 Å². The van der Waals surface area contributed by atoms with E-state index in [1.165, 1.54) is 4.57 Å². The van der Waals surface area contributed by atoms with Crippen LogP contribution in [0.25, 0.3) is 16.9 Å². The smallest absolute Gasteiger partial charge is 0.296 e. The molecule has 6 rings (SSSR count). The van der Waals surface area contributed by atoms with Crippen LogP contribution < -0.4 is 9.64 Å². The highest BCUT2D eigenvalue weighted by atomic mass is 19.3. The van der Waals surface area contributed by atoms with Crippen LogP contribution in [0.4, 0.5) is 19.1 Å². The number of halogens is 3. The Morgan fingerprint density at radius 2 is 1.80 bits per heavy atom. The number of hydrogen-bond donors (Lipinski definition) is 0. The fourth-order valence-corrected chi connectivity index (χ4v) is 6.10. The molecule has 41 heavy (non-hydrogen) atoms. The van der Waals surface area contributed by atoms with Crippen LogP contribution in [0.3, 0.4) is 0 Å². The summed E-state index contributed by atoms with van der Waals surface area (Å²) in [7, 11) is 0. The number of likely N-dealkylation sites (tertiary alicyclic amines) is 1. The highest BCUT2D eigenvalue weighted by Gasteiger charge is 2.29. The fraction of sp³-hybridized carbons (Fsp3) is 0.586. The molecule has 2 saturated heterocycles. The number of hydrogen-bond acceptors (Lipinski definition) is 8. The Hall–Kier alpha value is -3.25. The minimum atomic E-state index is -2.80. The molecular formula is C29H35F3N6O3. The third kappa shape index (κ3) is 6.48. The Kier molecular flexibility index (Phi) is 8.38. The fourth-order valence-electron chi connectivity index (χ4n) is 6.10. The van der Waals surface area contributed by atoms with Crippen molar-refractivity contribution in [1.29, 1.82) is 0 Å². The highest BCUT2D eigenvalue weighted by molar-refractivity contribution is 5.80. The number of ketones is 1. The maximum absolute atomic E-state index is 14.1. The molecule has 9 nitrogen and oxygen atoms in total. The van der Waals surface area contributed by atoms with E-state index in [9.17, 15) is 18.0 Å². The molecule has 0 unspecified atom stereocenters. The van der Waals surface area contributed by atoms with Crippen LogP contribution in [0.2, 0.25) is 0 Å². The summed E-state index contributed by atoms with van der Waals surface area (Å²) >= 11 is 0. The van der Waals surface area contributed by atoms with Crippen LogP contribution in [0.5, 0.6) is 5.88 Å². The molecule has 12 heteroatoms. The Balaban J connectivity index is 1.18. The van der Waals surface area contributed by atoms with E-state index in [0.717, 1.165) is 25.7 Å². The number of imidazole rings is 1. The molecule has 0 amide bonds. The SMILES string of the molecule is O=C(CC1CCC(Oc2cc(-n3c(C(F)F)nc4ccccc43)nc(N3CCOCC3)n2)CC1)CN1CC[C@H](F)C1. The summed E-state index contributed by atoms with van der Waals surface area (Å²) in [5, 5.41) is 0. The van der Waals surface area contributed by atoms with Crippen molar-refractivity contribution in [2.75, 3.05) is 50.8 Å². The molecule has 1 aromatic carbocycles. The van der Waals surface area contributed by atoms with Gasteiger partial charge in [0.2, 0.25) is 11.8 Å². The van der Waals surface area contributed by atoms with Crippen molar-refractivity contribution in [2.24, 2.45) is 5.92 Å². The Labute approximate surface area is 236 Å². The average Bonchev–Trinajstić information content (AvgIpc) is 3.57. The third-order valence-electron chi connectivity index (χ3n) is 8.19. The van der Waals surface area contributed by atoms with E-state index in [1.54, 1.807) is 30.3 Å². The van der Waals surface area contributed by atoms with Crippen LogP contribution in [0, 0.1) is 5.92 Å². The lowest BCUT2D eigenvalue weighted by molar-refractivity contribution is -0.121. The Bertz CT molecular complexity index is 1360. The van der Waals surface area contributed by atoms with Gasteiger partial charge < -0.3 is 14.4 Å². The number of Topliss-reactive ketones (excluding diaryl/α,β-unsaturated/α-hetero) is 1. The van der Waals surface area contributed by atoms with Gasteiger partial charge in [0.05, 0.1) is 30.8 Å². The second kappa shape index (κ2) is 12.3. The van der Waals surface area contributed by atoms with E-state index < -0.39 is 12.6 Å². The first-order valence-electron chi connectivity index (χ1n) is 14.5. The van der Waals surface area contributed by atoms with Gasteiger partial charge in [-0.2, -0.15) is 9.97 Å². The molecule has 0 N–H and O–H groups in total. The van der Waals surface area contributed by atoms with E-state index in [2.05, 4.69) is 15.0 Å². The number of para-hydroxylation sites is 2. The predicted molar refractivity (Wildman–Crippen MR) is 147 cm³/mol. The minimum absolute atomic E-state index is 0.110. The van der Waals surface area contributed by atoms with Crippen LogP contribution >= 0.6 is 0 Å². The number of carbonyl (C=O) groups is 1. The number of nitrogens with zero attached hydrogens (tertiary/aromatic N) is 6. The molecule has 0 spiro atoms. The van der Waals surface area contributed by atoms with Crippen molar-refractivity contribution in [3.8, 4) is 11.7 Å². The van der Waals surface area contributed by atoms with Gasteiger partial charge >= 0.3 is 0 Å². The number of carbonyl (C=O) groups excluding carboxylic acids is 1. The number of ether oxygens (including phenoxy) is 2. The van der Waals surface area contributed by atoms with E-state index in [4.69, 9.17) is 9.47 Å². The molecule has 3 aliphatic rings. The molecule has 1 atom stereocenters. The van der Waals surface area contributed by atoms with Gasteiger partial charge in [0.1, 0.15) is 23.9 Å². The zero-order valence-electron chi connectivity index (χ0n) is 22.9. The summed E-state index contributed by atoms with van der Waals surface area (Å²) in [6.07, 6.45) is 0.494. The zero-order chi connectivity index (χ0) is 28.3. The molecule has 220 valence electrons. The molecule has 1 aliphatic carbocycles. The number of anilines is 1. The quantitative estimate of drug-likeness (QED) is 0.370. The Morgan fingerprint density at radius 3 is 2.54 bits per heavy atom. The summed E-state index contributed by atoms with van der Waals surface area (Å²) in [5.41, 5.74) is 0.987. The van der Waals surface area contributed by atoms with Gasteiger partial charge in [0.15, 0.2) is 5.82 Å². The first-order valence-corrected chi connectivity index (χ1v) is 14.5. The molecule has 3 fully saturated rings. The topological polar surface area (TPSA) is 85.6 Å². The number of rotatable bonds is 9. The van der Waals surface area contributed by atoms with Gasteiger partial charge in [0.25, 0.3) is 6.43 Å². The standard InChI is InChI=1S/C29H35F3N6O3/c30-20-9-10-36(17-20)18-21(39)15-19-5-7-22(8-6-19)41-26-16-25(34-29(35-26)37-11-13-40-14-12-37)38-24-4-2-1-3-23(24)33-28(38)27(31)32/h1-4,16,19-20,22,27H,5-15,17-18H2/t19?,20-,22?/m0/s1. The summed E-state index contributed by atoms with van der Waals surface area (Å²) in [4.78, 5) is 30.0. The van der Waals surface area contributed by atoms with Gasteiger partial charge in [0, 0.05) is 38.7 Å². The maximum atomic E-state index is 14.1. The van der Waals surface area contributed by atoms with E-state index in [1.807, 2.05) is 9.80 Å². The van der Waals surface area contributed by atoms with Crippen molar-refractivity contribution < 1.29 is 27.4 Å². The lowest BCUT2D eigenvalue weighted by Gasteiger charge is -2.30. The number of fused-ring (bicyclic) bond motifs is 1. The van der Waals surface area contributed by atoms with E-state index in [0.29, 0.717) is 81.6 Å². The molecule has 2 aliphatic heterocycles. The molecule has 4 heterocycles.